The molecule has 0 aromatic heterocycles. The maximum absolute atomic E-state index is 13.1. The maximum atomic E-state index is 13.1. The molecule has 0 unspecified atom stereocenters. The van der Waals surface area contributed by atoms with Crippen molar-refractivity contribution < 1.29 is 19.4 Å². The van der Waals surface area contributed by atoms with Gasteiger partial charge < -0.3 is 15.5 Å². The zero-order chi connectivity index (χ0) is 14.0. The Morgan fingerprint density at radius 3 is 2.47 bits per heavy atom. The SMILES string of the molecule is O=C(Nc1ccc(O)c(F)c1)c1cc(Cl)ccc1O. The van der Waals surface area contributed by atoms with Gasteiger partial charge in [-0.15, -0.1) is 0 Å². The summed E-state index contributed by atoms with van der Waals surface area (Å²) >= 11 is 5.73. The molecule has 4 nitrogen and oxygen atoms in total. The van der Waals surface area contributed by atoms with E-state index in [1.807, 2.05) is 0 Å². The van der Waals surface area contributed by atoms with Crippen molar-refractivity contribution in [1.82, 2.24) is 0 Å². The van der Waals surface area contributed by atoms with Crippen molar-refractivity contribution in [3.05, 3.63) is 52.8 Å². The second kappa shape index (κ2) is 5.16. The van der Waals surface area contributed by atoms with E-state index in [1.165, 1.54) is 24.3 Å². The topological polar surface area (TPSA) is 69.6 Å². The highest BCUT2D eigenvalue weighted by Crippen LogP contribution is 2.24. The highest BCUT2D eigenvalue weighted by Gasteiger charge is 2.12. The number of phenols is 2. The van der Waals surface area contributed by atoms with Crippen LogP contribution in [0.1, 0.15) is 10.4 Å². The zero-order valence-electron chi connectivity index (χ0n) is 9.52. The lowest BCUT2D eigenvalue weighted by Crippen LogP contribution is -2.12. The van der Waals surface area contributed by atoms with Gasteiger partial charge in [0.05, 0.1) is 5.56 Å². The largest absolute Gasteiger partial charge is 0.507 e. The van der Waals surface area contributed by atoms with E-state index in [4.69, 9.17) is 16.7 Å². The van der Waals surface area contributed by atoms with Crippen LogP contribution in [0.25, 0.3) is 0 Å². The molecule has 0 bridgehead atoms. The second-order valence-corrected chi connectivity index (χ2v) is 4.22. The van der Waals surface area contributed by atoms with Gasteiger partial charge in [-0.05, 0) is 30.3 Å². The standard InChI is InChI=1S/C13H9ClFNO3/c14-7-1-3-11(17)9(5-7)13(19)16-8-2-4-12(18)10(15)6-8/h1-6,17-18H,(H,16,19). The number of carbonyl (C=O) groups excluding carboxylic acids is 1. The van der Waals surface area contributed by atoms with E-state index < -0.39 is 17.5 Å². The molecular formula is C13H9ClFNO3. The van der Waals surface area contributed by atoms with Crippen LogP contribution in [0.4, 0.5) is 10.1 Å². The first-order valence-electron chi connectivity index (χ1n) is 5.26. The number of phenolic OH excluding ortho intramolecular Hbond substituents is 2. The number of benzene rings is 2. The molecule has 1 amide bonds. The lowest BCUT2D eigenvalue weighted by atomic mass is 10.2. The van der Waals surface area contributed by atoms with Gasteiger partial charge in [0.1, 0.15) is 5.75 Å². The predicted molar refractivity (Wildman–Crippen MR) is 69.1 cm³/mol. The van der Waals surface area contributed by atoms with Gasteiger partial charge in [0, 0.05) is 16.8 Å². The van der Waals surface area contributed by atoms with E-state index in [0.717, 1.165) is 12.1 Å². The fraction of sp³-hybridized carbons (Fsp3) is 0. The van der Waals surface area contributed by atoms with Crippen LogP contribution in [-0.4, -0.2) is 16.1 Å². The summed E-state index contributed by atoms with van der Waals surface area (Å²) < 4.78 is 13.1. The van der Waals surface area contributed by atoms with Crippen molar-refractivity contribution in [3.63, 3.8) is 0 Å². The van der Waals surface area contributed by atoms with E-state index in [2.05, 4.69) is 5.32 Å². The second-order valence-electron chi connectivity index (χ2n) is 3.78. The first-order chi connectivity index (χ1) is 8.97. The molecule has 2 rings (SSSR count). The molecule has 2 aromatic rings. The summed E-state index contributed by atoms with van der Waals surface area (Å²) in [7, 11) is 0. The zero-order valence-corrected chi connectivity index (χ0v) is 10.3. The van der Waals surface area contributed by atoms with Crippen LogP contribution >= 0.6 is 11.6 Å². The number of anilines is 1. The van der Waals surface area contributed by atoms with Crippen molar-refractivity contribution in [2.24, 2.45) is 0 Å². The molecule has 0 aliphatic rings. The van der Waals surface area contributed by atoms with Crippen molar-refractivity contribution in [2.75, 3.05) is 5.32 Å². The van der Waals surface area contributed by atoms with E-state index in [9.17, 15) is 14.3 Å². The van der Waals surface area contributed by atoms with Gasteiger partial charge in [-0.25, -0.2) is 4.39 Å². The third kappa shape index (κ3) is 2.95. The van der Waals surface area contributed by atoms with Crippen molar-refractivity contribution in [3.8, 4) is 11.5 Å². The minimum absolute atomic E-state index is 0.0269. The molecule has 0 saturated carbocycles. The summed E-state index contributed by atoms with van der Waals surface area (Å²) in [6, 6.07) is 7.43. The Morgan fingerprint density at radius 2 is 1.79 bits per heavy atom. The lowest BCUT2D eigenvalue weighted by Gasteiger charge is -2.07. The fourth-order valence-corrected chi connectivity index (χ4v) is 1.65. The summed E-state index contributed by atoms with van der Waals surface area (Å²) in [6.07, 6.45) is 0. The van der Waals surface area contributed by atoms with Gasteiger partial charge in [0.2, 0.25) is 0 Å². The van der Waals surface area contributed by atoms with Crippen molar-refractivity contribution in [1.29, 1.82) is 0 Å². The van der Waals surface area contributed by atoms with Gasteiger partial charge in [-0.1, -0.05) is 11.6 Å². The quantitative estimate of drug-likeness (QED) is 0.741. The molecule has 19 heavy (non-hydrogen) atoms. The Bertz CT molecular complexity index is 646. The first kappa shape index (κ1) is 13.2. The third-order valence-electron chi connectivity index (χ3n) is 2.41. The Hall–Kier alpha value is -2.27. The first-order valence-corrected chi connectivity index (χ1v) is 5.63. The molecule has 0 aliphatic heterocycles. The Kier molecular flexibility index (Phi) is 3.57. The highest BCUT2D eigenvalue weighted by molar-refractivity contribution is 6.31. The fourth-order valence-electron chi connectivity index (χ4n) is 1.47. The lowest BCUT2D eigenvalue weighted by molar-refractivity contribution is 0.102. The summed E-state index contributed by atoms with van der Waals surface area (Å²) in [5.74, 6) is -2.23. The monoisotopic (exact) mass is 281 g/mol. The van der Waals surface area contributed by atoms with Crippen LogP contribution in [0.2, 0.25) is 5.02 Å². The molecule has 3 N–H and O–H groups in total. The molecule has 0 aliphatic carbocycles. The van der Waals surface area contributed by atoms with E-state index >= 15 is 0 Å². The molecule has 6 heteroatoms. The Labute approximate surface area is 113 Å². The van der Waals surface area contributed by atoms with Gasteiger partial charge in [0.15, 0.2) is 11.6 Å². The molecular weight excluding hydrogens is 273 g/mol. The van der Waals surface area contributed by atoms with E-state index in [0.29, 0.717) is 5.02 Å². The molecule has 0 spiro atoms. The smallest absolute Gasteiger partial charge is 0.259 e. The number of aromatic hydroxyl groups is 2. The summed E-state index contributed by atoms with van der Waals surface area (Å²) in [5.41, 5.74) is 0.126. The van der Waals surface area contributed by atoms with Crippen molar-refractivity contribution >= 4 is 23.2 Å². The van der Waals surface area contributed by atoms with E-state index in [-0.39, 0.29) is 17.0 Å². The van der Waals surface area contributed by atoms with Gasteiger partial charge >= 0.3 is 0 Å². The van der Waals surface area contributed by atoms with Crippen LogP contribution in [0, 0.1) is 5.82 Å². The molecule has 98 valence electrons. The number of hydrogen-bond acceptors (Lipinski definition) is 3. The van der Waals surface area contributed by atoms with E-state index in [1.54, 1.807) is 0 Å². The predicted octanol–water partition coefficient (Wildman–Crippen LogP) is 3.14. The molecule has 0 heterocycles. The molecule has 2 aromatic carbocycles. The van der Waals surface area contributed by atoms with Gasteiger partial charge in [-0.3, -0.25) is 4.79 Å². The molecule has 0 atom stereocenters. The highest BCUT2D eigenvalue weighted by atomic mass is 35.5. The number of hydrogen-bond donors (Lipinski definition) is 3. The minimum atomic E-state index is -0.854. The number of amides is 1. The average Bonchev–Trinajstić information content (AvgIpc) is 2.36. The Balaban J connectivity index is 2.25. The van der Waals surface area contributed by atoms with Crippen LogP contribution in [0.5, 0.6) is 11.5 Å². The third-order valence-corrected chi connectivity index (χ3v) is 2.64. The van der Waals surface area contributed by atoms with Crippen LogP contribution in [-0.2, 0) is 0 Å². The normalized spacial score (nSPS) is 10.2. The number of halogens is 2. The average molecular weight is 282 g/mol. The van der Waals surface area contributed by atoms with Gasteiger partial charge in [-0.2, -0.15) is 0 Å². The van der Waals surface area contributed by atoms with Crippen LogP contribution in [0.3, 0.4) is 0 Å². The van der Waals surface area contributed by atoms with Crippen LogP contribution < -0.4 is 5.32 Å². The summed E-state index contributed by atoms with van der Waals surface area (Å²) in [5, 5.41) is 21.3. The number of rotatable bonds is 2. The van der Waals surface area contributed by atoms with Gasteiger partial charge in [0.25, 0.3) is 5.91 Å². The Morgan fingerprint density at radius 1 is 1.11 bits per heavy atom. The summed E-state index contributed by atoms with van der Waals surface area (Å²) in [6.45, 7) is 0. The number of nitrogens with one attached hydrogen (secondary N) is 1. The minimum Gasteiger partial charge on any atom is -0.507 e. The molecule has 0 saturated heterocycles. The molecule has 0 fully saturated rings. The van der Waals surface area contributed by atoms with Crippen LogP contribution in [0.15, 0.2) is 36.4 Å². The summed E-state index contributed by atoms with van der Waals surface area (Å²) in [4.78, 5) is 11.9. The maximum Gasteiger partial charge on any atom is 0.259 e. The van der Waals surface area contributed by atoms with Crippen molar-refractivity contribution in [2.45, 2.75) is 0 Å². The molecule has 0 radical (unpaired) electrons. The number of carbonyl (C=O) groups is 1.